The van der Waals surface area contributed by atoms with E-state index in [4.69, 9.17) is 9.90 Å². The molecule has 4 rings (SSSR count). The highest BCUT2D eigenvalue weighted by atomic mass is 19.4. The first kappa shape index (κ1) is 24.0. The number of fused-ring (bicyclic) bond motifs is 1. The second kappa shape index (κ2) is 10.3. The number of nitrogens with one attached hydrogen (secondary N) is 3. The van der Waals surface area contributed by atoms with Gasteiger partial charge in [-0.3, -0.25) is 14.0 Å². The van der Waals surface area contributed by atoms with Gasteiger partial charge in [-0.05, 0) is 24.3 Å². The van der Waals surface area contributed by atoms with Crippen molar-refractivity contribution in [1.29, 1.82) is 0 Å². The quantitative estimate of drug-likeness (QED) is 0.335. The molecule has 0 atom stereocenters. The SMILES string of the molecule is O=C(NCC(F)(F)F)Nc1cccc(-c2cnc3cc(-c4cc(=O)[nH]cn4)ccn23)c1.O=CO. The maximum absolute atomic E-state index is 12.2. The number of carbonyl (C=O) groups excluding carboxylic acids is 1. The van der Waals surface area contributed by atoms with Gasteiger partial charge in [0.1, 0.15) is 12.2 Å². The molecule has 2 amide bonds. The molecule has 4 N–H and O–H groups in total. The number of urea groups is 1. The minimum absolute atomic E-state index is 0.250. The summed E-state index contributed by atoms with van der Waals surface area (Å²) in [5.41, 5.74) is 3.30. The molecule has 0 aliphatic carbocycles. The van der Waals surface area contributed by atoms with Crippen molar-refractivity contribution in [2.75, 3.05) is 11.9 Å². The zero-order valence-electron chi connectivity index (χ0n) is 17.2. The highest BCUT2D eigenvalue weighted by molar-refractivity contribution is 5.90. The molecule has 176 valence electrons. The predicted octanol–water partition coefficient (Wildman–Crippen LogP) is 3.14. The molecule has 3 aromatic heterocycles. The summed E-state index contributed by atoms with van der Waals surface area (Å²) >= 11 is 0. The van der Waals surface area contributed by atoms with E-state index in [0.29, 0.717) is 33.8 Å². The summed E-state index contributed by atoms with van der Waals surface area (Å²) < 4.78 is 38.5. The van der Waals surface area contributed by atoms with Gasteiger partial charge in [0.05, 0.1) is 23.9 Å². The maximum atomic E-state index is 12.2. The van der Waals surface area contributed by atoms with E-state index < -0.39 is 18.8 Å². The highest BCUT2D eigenvalue weighted by Crippen LogP contribution is 2.26. The number of alkyl halides is 3. The molecule has 0 aliphatic rings. The Morgan fingerprint density at radius 3 is 2.62 bits per heavy atom. The average molecular weight is 474 g/mol. The summed E-state index contributed by atoms with van der Waals surface area (Å²) in [6, 6.07) is 10.6. The van der Waals surface area contributed by atoms with Gasteiger partial charge in [-0.15, -0.1) is 0 Å². The van der Waals surface area contributed by atoms with Gasteiger partial charge in [-0.25, -0.2) is 14.8 Å². The number of amides is 2. The average Bonchev–Trinajstić information content (AvgIpc) is 3.21. The van der Waals surface area contributed by atoms with E-state index >= 15 is 0 Å². The van der Waals surface area contributed by atoms with Crippen molar-refractivity contribution in [2.45, 2.75) is 6.18 Å². The van der Waals surface area contributed by atoms with Crippen LogP contribution in [0.4, 0.5) is 23.7 Å². The lowest BCUT2D eigenvalue weighted by molar-refractivity contribution is -0.123. The van der Waals surface area contributed by atoms with Gasteiger partial charge in [0.2, 0.25) is 0 Å². The van der Waals surface area contributed by atoms with Crippen LogP contribution in [-0.4, -0.2) is 49.7 Å². The summed E-state index contributed by atoms with van der Waals surface area (Å²) in [6.07, 6.45) is 0.235. The number of H-pyrrole nitrogens is 1. The normalized spacial score (nSPS) is 10.8. The van der Waals surface area contributed by atoms with Crippen LogP contribution in [0.25, 0.3) is 28.2 Å². The molecule has 0 saturated heterocycles. The third-order valence-electron chi connectivity index (χ3n) is 4.35. The number of hydrogen-bond donors (Lipinski definition) is 4. The number of aromatic amines is 1. The van der Waals surface area contributed by atoms with Crippen LogP contribution in [0.5, 0.6) is 0 Å². The van der Waals surface area contributed by atoms with Crippen LogP contribution in [-0.2, 0) is 4.79 Å². The molecule has 1 aromatic carbocycles. The molecule has 0 spiro atoms. The second-order valence-electron chi connectivity index (χ2n) is 6.69. The van der Waals surface area contributed by atoms with Crippen LogP contribution >= 0.6 is 0 Å². The molecule has 13 heteroatoms. The third kappa shape index (κ3) is 6.18. The van der Waals surface area contributed by atoms with Gasteiger partial charge in [-0.1, -0.05) is 12.1 Å². The molecule has 3 heterocycles. The van der Waals surface area contributed by atoms with Crippen LogP contribution in [0, 0.1) is 0 Å². The summed E-state index contributed by atoms with van der Waals surface area (Å²) in [5.74, 6) is 0. The first-order valence-electron chi connectivity index (χ1n) is 9.52. The number of benzene rings is 1. The second-order valence-corrected chi connectivity index (χ2v) is 6.69. The summed E-state index contributed by atoms with van der Waals surface area (Å²) in [5, 5.41) is 11.0. The number of nitrogens with zero attached hydrogens (tertiary/aromatic N) is 3. The van der Waals surface area contributed by atoms with Gasteiger partial charge < -0.3 is 20.7 Å². The first-order valence-corrected chi connectivity index (χ1v) is 9.52. The molecule has 10 nitrogen and oxygen atoms in total. The Bertz CT molecular complexity index is 1370. The van der Waals surface area contributed by atoms with Crippen LogP contribution < -0.4 is 16.2 Å². The number of anilines is 1. The predicted molar refractivity (Wildman–Crippen MR) is 116 cm³/mol. The Balaban J connectivity index is 0.00000103. The van der Waals surface area contributed by atoms with Crippen molar-refractivity contribution >= 4 is 23.8 Å². The lowest BCUT2D eigenvalue weighted by Gasteiger charge is -2.11. The minimum atomic E-state index is -4.49. The van der Waals surface area contributed by atoms with E-state index in [1.807, 2.05) is 0 Å². The molecule has 0 bridgehead atoms. The first-order chi connectivity index (χ1) is 16.2. The van der Waals surface area contributed by atoms with E-state index in [0.717, 1.165) is 0 Å². The van der Waals surface area contributed by atoms with E-state index in [2.05, 4.69) is 20.3 Å². The van der Waals surface area contributed by atoms with Gasteiger partial charge in [0, 0.05) is 29.1 Å². The number of pyridine rings is 1. The number of halogens is 3. The number of imidazole rings is 1. The zero-order chi connectivity index (χ0) is 24.7. The monoisotopic (exact) mass is 474 g/mol. The Kier molecular flexibility index (Phi) is 7.26. The summed E-state index contributed by atoms with van der Waals surface area (Å²) in [4.78, 5) is 42.5. The Morgan fingerprint density at radius 1 is 1.15 bits per heavy atom. The third-order valence-corrected chi connectivity index (χ3v) is 4.35. The minimum Gasteiger partial charge on any atom is -0.483 e. The molecule has 0 radical (unpaired) electrons. The van der Waals surface area contributed by atoms with Crippen LogP contribution in [0.2, 0.25) is 0 Å². The molecular weight excluding hydrogens is 457 g/mol. The van der Waals surface area contributed by atoms with E-state index in [-0.39, 0.29) is 12.0 Å². The van der Waals surface area contributed by atoms with E-state index in [9.17, 15) is 22.8 Å². The van der Waals surface area contributed by atoms with Crippen molar-refractivity contribution in [3.63, 3.8) is 0 Å². The molecule has 0 saturated carbocycles. The smallest absolute Gasteiger partial charge is 0.405 e. The Hall–Kier alpha value is -4.68. The molecule has 0 unspecified atom stereocenters. The Morgan fingerprint density at radius 2 is 1.91 bits per heavy atom. The molecule has 34 heavy (non-hydrogen) atoms. The van der Waals surface area contributed by atoms with Crippen LogP contribution in [0.3, 0.4) is 0 Å². The lowest BCUT2D eigenvalue weighted by Crippen LogP contribution is -2.36. The summed E-state index contributed by atoms with van der Waals surface area (Å²) in [6.45, 7) is -1.67. The number of carbonyl (C=O) groups is 2. The standard InChI is InChI=1S/C20H15F3N6O2.CH2O2/c21-20(22,23)10-25-19(31)28-14-3-1-2-13(6-14)16-9-24-17-7-12(4-5-29(16)17)15-8-18(30)27-11-26-15;2-1-3/h1-9,11H,10H2,(H2,25,28,31)(H,26,27,30);1H,(H,2,3). The number of hydrogen-bond acceptors (Lipinski definition) is 5. The fourth-order valence-corrected chi connectivity index (χ4v) is 2.99. The molecular formula is C21H17F3N6O4. The van der Waals surface area contributed by atoms with Crippen LogP contribution in [0.15, 0.2) is 66.0 Å². The molecule has 0 aliphatic heterocycles. The fourth-order valence-electron chi connectivity index (χ4n) is 2.99. The lowest BCUT2D eigenvalue weighted by atomic mass is 10.1. The maximum Gasteiger partial charge on any atom is 0.405 e. The van der Waals surface area contributed by atoms with E-state index in [1.165, 1.54) is 12.4 Å². The fraction of sp³-hybridized carbons (Fsp3) is 0.0952. The molecule has 4 aromatic rings. The number of carboxylic acid groups (broad SMARTS) is 1. The van der Waals surface area contributed by atoms with Crippen molar-refractivity contribution in [3.8, 4) is 22.5 Å². The summed E-state index contributed by atoms with van der Waals surface area (Å²) in [7, 11) is 0. The largest absolute Gasteiger partial charge is 0.483 e. The van der Waals surface area contributed by atoms with Gasteiger partial charge >= 0.3 is 12.2 Å². The van der Waals surface area contributed by atoms with E-state index in [1.54, 1.807) is 58.5 Å². The Labute approximate surface area is 189 Å². The topological polar surface area (TPSA) is 141 Å². The molecule has 0 fully saturated rings. The van der Waals surface area contributed by atoms with Gasteiger partial charge in [0.25, 0.3) is 12.0 Å². The van der Waals surface area contributed by atoms with Crippen molar-refractivity contribution < 1.29 is 27.9 Å². The van der Waals surface area contributed by atoms with Gasteiger partial charge in [0.15, 0.2) is 0 Å². The van der Waals surface area contributed by atoms with Gasteiger partial charge in [-0.2, -0.15) is 13.2 Å². The number of aromatic nitrogens is 4. The van der Waals surface area contributed by atoms with Crippen molar-refractivity contribution in [3.05, 3.63) is 71.5 Å². The zero-order valence-corrected chi connectivity index (χ0v) is 17.2. The van der Waals surface area contributed by atoms with Crippen molar-refractivity contribution in [1.82, 2.24) is 24.7 Å². The number of rotatable bonds is 4. The van der Waals surface area contributed by atoms with Crippen molar-refractivity contribution in [2.24, 2.45) is 0 Å². The highest BCUT2D eigenvalue weighted by Gasteiger charge is 2.27. The van der Waals surface area contributed by atoms with Crippen LogP contribution in [0.1, 0.15) is 0 Å².